The zero-order valence-electron chi connectivity index (χ0n) is 26.8. The second kappa shape index (κ2) is 12.5. The van der Waals surface area contributed by atoms with Crippen LogP contribution in [0.5, 0.6) is 0 Å². The first-order chi connectivity index (χ1) is 21.7. The molecule has 5 rings (SSSR count). The molecule has 1 aliphatic heterocycles. The maximum absolute atomic E-state index is 13.8. The standard InChI is InChI=1S/C35H40O11/c1-20-17-27(42-21(2)36)30(44-23(4)38)34(19-41-31(39)24-13-9-7-10-14-24)28(45-32(40)25-15-11-8-12-16-25)18-26-29(43-22(3)37)35(20,34)46-33(26,5)6/h7-16,20,26-30H,17-19H2,1-6H3/t20-,26+,27-,28+,29+,30+,34+,35+/m0/s1. The van der Waals surface area contributed by atoms with Crippen LogP contribution in [-0.2, 0) is 42.8 Å². The number of carbonyl (C=O) groups is 5. The second-order valence-electron chi connectivity index (χ2n) is 12.9. The smallest absolute Gasteiger partial charge is 0.338 e. The predicted octanol–water partition coefficient (Wildman–Crippen LogP) is 4.46. The Labute approximate surface area is 267 Å². The quantitative estimate of drug-likeness (QED) is 0.300. The summed E-state index contributed by atoms with van der Waals surface area (Å²) in [4.78, 5) is 65.2. The SMILES string of the molecule is CC(=O)O[C@H]1C[C@H](C)[C@]23OC(C)(C)[C@H](C[C@@H](OC(=O)c4ccccc4)[C@]2(COC(=O)c2ccccc2)[C@@H]1OC(C)=O)[C@H]3OC(C)=O. The minimum absolute atomic E-state index is 0.0887. The molecule has 0 N–H and O–H groups in total. The van der Waals surface area contributed by atoms with Crippen LogP contribution in [0.1, 0.15) is 75.1 Å². The van der Waals surface area contributed by atoms with E-state index in [1.165, 1.54) is 20.8 Å². The maximum atomic E-state index is 13.8. The van der Waals surface area contributed by atoms with Crippen LogP contribution < -0.4 is 0 Å². The van der Waals surface area contributed by atoms with Crippen LogP contribution in [0.15, 0.2) is 60.7 Å². The number of benzene rings is 2. The number of ether oxygens (including phenoxy) is 6. The molecule has 3 aliphatic rings. The van der Waals surface area contributed by atoms with Gasteiger partial charge in [0, 0.05) is 26.7 Å². The Morgan fingerprint density at radius 3 is 1.78 bits per heavy atom. The van der Waals surface area contributed by atoms with Gasteiger partial charge in [-0.25, -0.2) is 9.59 Å². The predicted molar refractivity (Wildman–Crippen MR) is 161 cm³/mol. The molecule has 0 unspecified atom stereocenters. The van der Waals surface area contributed by atoms with Gasteiger partial charge in [-0.2, -0.15) is 0 Å². The minimum Gasteiger partial charge on any atom is -0.461 e. The van der Waals surface area contributed by atoms with Crippen molar-refractivity contribution in [1.82, 2.24) is 0 Å². The Bertz CT molecular complexity index is 1490. The van der Waals surface area contributed by atoms with E-state index in [-0.39, 0.29) is 24.0 Å². The molecular formula is C35H40O11. The Hall–Kier alpha value is -4.25. The lowest BCUT2D eigenvalue weighted by atomic mass is 9.47. The van der Waals surface area contributed by atoms with Gasteiger partial charge in [0.2, 0.25) is 0 Å². The molecule has 0 aromatic heterocycles. The third-order valence-corrected chi connectivity index (χ3v) is 9.66. The van der Waals surface area contributed by atoms with E-state index in [2.05, 4.69) is 0 Å². The zero-order chi connectivity index (χ0) is 33.4. The van der Waals surface area contributed by atoms with Gasteiger partial charge in [0.05, 0.1) is 16.7 Å². The van der Waals surface area contributed by atoms with E-state index in [0.29, 0.717) is 0 Å². The fourth-order valence-electron chi connectivity index (χ4n) is 8.00. The van der Waals surface area contributed by atoms with E-state index in [4.69, 9.17) is 28.4 Å². The molecule has 11 heteroatoms. The van der Waals surface area contributed by atoms with Crippen LogP contribution in [0.4, 0.5) is 0 Å². The summed E-state index contributed by atoms with van der Waals surface area (Å²) in [7, 11) is 0. The zero-order valence-corrected chi connectivity index (χ0v) is 26.8. The van der Waals surface area contributed by atoms with Crippen LogP contribution in [0.25, 0.3) is 0 Å². The van der Waals surface area contributed by atoms with Crippen molar-refractivity contribution in [3.05, 3.63) is 71.8 Å². The molecule has 246 valence electrons. The third kappa shape index (κ3) is 5.65. The molecule has 2 aromatic carbocycles. The van der Waals surface area contributed by atoms with Gasteiger partial charge in [-0.3, -0.25) is 14.4 Å². The summed E-state index contributed by atoms with van der Waals surface area (Å²) < 4.78 is 37.3. The molecule has 2 saturated carbocycles. The summed E-state index contributed by atoms with van der Waals surface area (Å²) in [6, 6.07) is 16.7. The highest BCUT2D eigenvalue weighted by Crippen LogP contribution is 2.68. The largest absolute Gasteiger partial charge is 0.461 e. The summed E-state index contributed by atoms with van der Waals surface area (Å²) >= 11 is 0. The number of hydrogen-bond donors (Lipinski definition) is 0. The van der Waals surface area contributed by atoms with E-state index in [1.54, 1.807) is 60.7 Å². The van der Waals surface area contributed by atoms with E-state index < -0.39 is 89.3 Å². The van der Waals surface area contributed by atoms with Crippen molar-refractivity contribution in [1.29, 1.82) is 0 Å². The first-order valence-corrected chi connectivity index (χ1v) is 15.4. The lowest BCUT2D eigenvalue weighted by Crippen LogP contribution is -2.78. The molecule has 2 aliphatic carbocycles. The molecule has 1 heterocycles. The average Bonchev–Trinajstić information content (AvgIpc) is 3.16. The van der Waals surface area contributed by atoms with E-state index >= 15 is 0 Å². The molecule has 1 spiro atoms. The molecule has 1 saturated heterocycles. The van der Waals surface area contributed by atoms with Gasteiger partial charge in [-0.05, 0) is 56.9 Å². The number of hydrogen-bond acceptors (Lipinski definition) is 11. The van der Waals surface area contributed by atoms with Gasteiger partial charge >= 0.3 is 29.8 Å². The Kier molecular flexibility index (Phi) is 9.01. The van der Waals surface area contributed by atoms with Gasteiger partial charge < -0.3 is 28.4 Å². The van der Waals surface area contributed by atoms with Crippen LogP contribution in [0, 0.1) is 17.3 Å². The average molecular weight is 637 g/mol. The molecule has 11 nitrogen and oxygen atoms in total. The van der Waals surface area contributed by atoms with Gasteiger partial charge in [0.15, 0.2) is 6.10 Å². The summed E-state index contributed by atoms with van der Waals surface area (Å²) in [5.74, 6) is -4.29. The Morgan fingerprint density at radius 1 is 0.717 bits per heavy atom. The lowest BCUT2D eigenvalue weighted by Gasteiger charge is -2.63. The van der Waals surface area contributed by atoms with Gasteiger partial charge in [-0.1, -0.05) is 43.3 Å². The van der Waals surface area contributed by atoms with E-state index in [1.807, 2.05) is 20.8 Å². The first kappa shape index (κ1) is 33.1. The topological polar surface area (TPSA) is 141 Å². The fourth-order valence-corrected chi connectivity index (χ4v) is 8.00. The van der Waals surface area contributed by atoms with Crippen molar-refractivity contribution in [2.45, 2.75) is 90.0 Å². The number of carbonyl (C=O) groups excluding carboxylic acids is 5. The van der Waals surface area contributed by atoms with E-state index in [0.717, 1.165) is 0 Å². The first-order valence-electron chi connectivity index (χ1n) is 15.4. The summed E-state index contributed by atoms with van der Waals surface area (Å²) in [6.45, 7) is 8.81. The Morgan fingerprint density at radius 2 is 1.24 bits per heavy atom. The molecule has 3 fully saturated rings. The Balaban J connectivity index is 1.76. The van der Waals surface area contributed by atoms with Crippen LogP contribution in [0.2, 0.25) is 0 Å². The summed E-state index contributed by atoms with van der Waals surface area (Å²) in [5, 5.41) is 0. The maximum Gasteiger partial charge on any atom is 0.338 e. The second-order valence-corrected chi connectivity index (χ2v) is 12.9. The van der Waals surface area contributed by atoms with E-state index in [9.17, 15) is 24.0 Å². The molecule has 46 heavy (non-hydrogen) atoms. The van der Waals surface area contributed by atoms with Crippen molar-refractivity contribution in [3.63, 3.8) is 0 Å². The fraction of sp³-hybridized carbons (Fsp3) is 0.514. The minimum atomic E-state index is -1.71. The highest BCUT2D eigenvalue weighted by molar-refractivity contribution is 5.90. The van der Waals surface area contributed by atoms with Crippen LogP contribution in [-0.4, -0.2) is 72.1 Å². The molecule has 8 atom stereocenters. The van der Waals surface area contributed by atoms with Crippen molar-refractivity contribution >= 4 is 29.8 Å². The van der Waals surface area contributed by atoms with Gasteiger partial charge in [0.25, 0.3) is 0 Å². The van der Waals surface area contributed by atoms with Gasteiger partial charge in [0.1, 0.15) is 35.9 Å². The van der Waals surface area contributed by atoms with Crippen LogP contribution >= 0.6 is 0 Å². The normalized spacial score (nSPS) is 32.3. The lowest BCUT2D eigenvalue weighted by molar-refractivity contribution is -0.318. The number of rotatable bonds is 8. The van der Waals surface area contributed by atoms with Crippen molar-refractivity contribution < 1.29 is 52.4 Å². The monoisotopic (exact) mass is 636 g/mol. The van der Waals surface area contributed by atoms with Crippen molar-refractivity contribution in [2.24, 2.45) is 17.3 Å². The van der Waals surface area contributed by atoms with Gasteiger partial charge in [-0.15, -0.1) is 0 Å². The third-order valence-electron chi connectivity index (χ3n) is 9.66. The highest BCUT2D eigenvalue weighted by atomic mass is 16.6. The molecule has 0 amide bonds. The molecule has 0 radical (unpaired) electrons. The molecular weight excluding hydrogens is 596 g/mol. The summed E-state index contributed by atoms with van der Waals surface area (Å²) in [6.07, 6.45) is -4.19. The number of esters is 5. The van der Waals surface area contributed by atoms with Crippen molar-refractivity contribution in [3.8, 4) is 0 Å². The highest BCUT2D eigenvalue weighted by Gasteiger charge is 2.82. The molecule has 2 aromatic rings. The number of fused-ring (bicyclic) bond motifs is 1. The van der Waals surface area contributed by atoms with Crippen LogP contribution in [0.3, 0.4) is 0 Å². The molecule has 2 bridgehead atoms. The summed E-state index contributed by atoms with van der Waals surface area (Å²) in [5.41, 5.74) is -3.65. The van der Waals surface area contributed by atoms with Crippen molar-refractivity contribution in [2.75, 3.05) is 6.61 Å².